The van der Waals surface area contributed by atoms with E-state index in [1.807, 2.05) is 0 Å². The van der Waals surface area contributed by atoms with Gasteiger partial charge in [-0.05, 0) is 30.3 Å². The average molecular weight is 370 g/mol. The molecule has 130 valence electrons. The predicted octanol–water partition coefficient (Wildman–Crippen LogP) is 4.49. The summed E-state index contributed by atoms with van der Waals surface area (Å²) in [6.45, 7) is 0.336. The zero-order valence-corrected chi connectivity index (χ0v) is 13.3. The standard InChI is InChI=1S/C15H11ClF3N5O/c16-11-4-3-9(15(17,18)19)6-12(11)22-13-8-21-24-14(23-13)20-7-10-2-1-5-25-10/h1-6,8H,7H2,(H2,20,22,23,24). The number of alkyl halides is 3. The molecule has 6 nitrogen and oxygen atoms in total. The first-order chi connectivity index (χ1) is 11.9. The van der Waals surface area contributed by atoms with Gasteiger partial charge < -0.3 is 15.1 Å². The molecule has 0 saturated heterocycles. The van der Waals surface area contributed by atoms with Crippen molar-refractivity contribution < 1.29 is 17.6 Å². The Hall–Kier alpha value is -2.81. The third kappa shape index (κ3) is 4.38. The van der Waals surface area contributed by atoms with Crippen LogP contribution in [0.4, 0.5) is 30.6 Å². The van der Waals surface area contributed by atoms with Gasteiger partial charge in [0, 0.05) is 0 Å². The molecule has 1 aromatic carbocycles. The van der Waals surface area contributed by atoms with Gasteiger partial charge in [-0.3, -0.25) is 0 Å². The minimum Gasteiger partial charge on any atom is -0.467 e. The summed E-state index contributed by atoms with van der Waals surface area (Å²) in [5, 5.41) is 13.3. The van der Waals surface area contributed by atoms with Gasteiger partial charge in [-0.1, -0.05) is 11.6 Å². The van der Waals surface area contributed by atoms with Gasteiger partial charge in [0.15, 0.2) is 5.82 Å². The third-order valence-corrected chi connectivity index (χ3v) is 3.45. The Balaban J connectivity index is 1.76. The Bertz CT molecular complexity index is 855. The number of hydrogen-bond donors (Lipinski definition) is 2. The number of halogens is 4. The molecule has 2 heterocycles. The number of hydrogen-bond acceptors (Lipinski definition) is 6. The molecule has 0 fully saturated rings. The number of nitrogens with one attached hydrogen (secondary N) is 2. The van der Waals surface area contributed by atoms with Crippen LogP contribution in [0.2, 0.25) is 5.02 Å². The number of rotatable bonds is 5. The minimum atomic E-state index is -4.47. The smallest absolute Gasteiger partial charge is 0.416 e. The molecule has 10 heteroatoms. The summed E-state index contributed by atoms with van der Waals surface area (Å²) < 4.78 is 43.6. The van der Waals surface area contributed by atoms with Gasteiger partial charge in [0.2, 0.25) is 5.95 Å². The molecule has 0 unspecified atom stereocenters. The Morgan fingerprint density at radius 3 is 2.76 bits per heavy atom. The lowest BCUT2D eigenvalue weighted by molar-refractivity contribution is -0.137. The summed E-state index contributed by atoms with van der Waals surface area (Å²) in [5.41, 5.74) is -0.758. The molecule has 0 aliphatic rings. The second-order valence-electron chi connectivity index (χ2n) is 4.92. The van der Waals surface area contributed by atoms with Gasteiger partial charge >= 0.3 is 6.18 Å². The molecular weight excluding hydrogens is 359 g/mol. The maximum Gasteiger partial charge on any atom is 0.416 e. The fourth-order valence-electron chi connectivity index (χ4n) is 1.95. The zero-order chi connectivity index (χ0) is 17.9. The number of benzene rings is 1. The van der Waals surface area contributed by atoms with Crippen molar-refractivity contribution in [1.82, 2.24) is 15.2 Å². The summed E-state index contributed by atoms with van der Waals surface area (Å²) in [6.07, 6.45) is -1.67. The lowest BCUT2D eigenvalue weighted by Gasteiger charge is -2.12. The molecule has 0 spiro atoms. The Kier molecular flexibility index (Phi) is 4.75. The third-order valence-electron chi connectivity index (χ3n) is 3.12. The molecule has 0 bridgehead atoms. The van der Waals surface area contributed by atoms with Crippen molar-refractivity contribution in [1.29, 1.82) is 0 Å². The van der Waals surface area contributed by atoms with Gasteiger partial charge in [0.25, 0.3) is 0 Å². The molecule has 2 N–H and O–H groups in total. The first-order valence-electron chi connectivity index (χ1n) is 7.01. The van der Waals surface area contributed by atoms with E-state index in [-0.39, 0.29) is 22.5 Å². The highest BCUT2D eigenvalue weighted by atomic mass is 35.5. The molecule has 0 aliphatic carbocycles. The van der Waals surface area contributed by atoms with Gasteiger partial charge in [-0.15, -0.1) is 5.10 Å². The van der Waals surface area contributed by atoms with E-state index < -0.39 is 11.7 Å². The monoisotopic (exact) mass is 369 g/mol. The highest BCUT2D eigenvalue weighted by Gasteiger charge is 2.31. The summed E-state index contributed by atoms with van der Waals surface area (Å²) in [7, 11) is 0. The molecule has 3 aromatic rings. The van der Waals surface area contributed by atoms with Crippen LogP contribution >= 0.6 is 11.6 Å². The van der Waals surface area contributed by atoms with Crippen molar-refractivity contribution in [3.63, 3.8) is 0 Å². The minimum absolute atomic E-state index is 0.0639. The molecular formula is C15H11ClF3N5O. The van der Waals surface area contributed by atoms with E-state index in [4.69, 9.17) is 16.0 Å². The average Bonchev–Trinajstić information content (AvgIpc) is 3.08. The molecule has 0 radical (unpaired) electrons. The first kappa shape index (κ1) is 17.0. The predicted molar refractivity (Wildman–Crippen MR) is 85.6 cm³/mol. The van der Waals surface area contributed by atoms with E-state index in [0.717, 1.165) is 18.2 Å². The number of furan rings is 1. The van der Waals surface area contributed by atoms with E-state index >= 15 is 0 Å². The van der Waals surface area contributed by atoms with Gasteiger partial charge in [-0.25, -0.2) is 0 Å². The Morgan fingerprint density at radius 2 is 2.04 bits per heavy atom. The van der Waals surface area contributed by atoms with Crippen molar-refractivity contribution in [2.24, 2.45) is 0 Å². The van der Waals surface area contributed by atoms with Crippen LogP contribution in [0.25, 0.3) is 0 Å². The van der Waals surface area contributed by atoms with Gasteiger partial charge in [-0.2, -0.15) is 23.3 Å². The normalized spacial score (nSPS) is 11.4. The van der Waals surface area contributed by atoms with Crippen LogP contribution in [-0.2, 0) is 12.7 Å². The molecule has 0 aliphatic heterocycles. The topological polar surface area (TPSA) is 75.9 Å². The van der Waals surface area contributed by atoms with Crippen LogP contribution in [-0.4, -0.2) is 15.2 Å². The van der Waals surface area contributed by atoms with E-state index in [2.05, 4.69) is 25.8 Å². The molecule has 0 amide bonds. The van der Waals surface area contributed by atoms with E-state index in [0.29, 0.717) is 12.3 Å². The number of aromatic nitrogens is 3. The second-order valence-corrected chi connectivity index (χ2v) is 5.32. The highest BCUT2D eigenvalue weighted by molar-refractivity contribution is 6.33. The van der Waals surface area contributed by atoms with E-state index in [1.54, 1.807) is 12.1 Å². The Labute approximate surface area is 145 Å². The van der Waals surface area contributed by atoms with Crippen LogP contribution in [0.1, 0.15) is 11.3 Å². The molecule has 2 aromatic heterocycles. The fraction of sp³-hybridized carbons (Fsp3) is 0.133. The Morgan fingerprint density at radius 1 is 1.20 bits per heavy atom. The zero-order valence-electron chi connectivity index (χ0n) is 12.5. The van der Waals surface area contributed by atoms with Crippen LogP contribution in [0.5, 0.6) is 0 Å². The second kappa shape index (κ2) is 6.98. The largest absolute Gasteiger partial charge is 0.467 e. The summed E-state index contributed by atoms with van der Waals surface area (Å²) >= 11 is 5.94. The quantitative estimate of drug-likeness (QED) is 0.690. The number of anilines is 3. The number of nitrogens with zero attached hydrogens (tertiary/aromatic N) is 3. The van der Waals surface area contributed by atoms with Gasteiger partial charge in [0.05, 0.1) is 35.3 Å². The van der Waals surface area contributed by atoms with Crippen molar-refractivity contribution in [2.45, 2.75) is 12.7 Å². The van der Waals surface area contributed by atoms with Crippen LogP contribution in [0.15, 0.2) is 47.2 Å². The molecule has 25 heavy (non-hydrogen) atoms. The molecule has 0 atom stereocenters. The summed E-state index contributed by atoms with van der Waals surface area (Å²) in [6, 6.07) is 6.48. The van der Waals surface area contributed by atoms with Crippen molar-refractivity contribution >= 4 is 29.1 Å². The molecule has 0 saturated carbocycles. The van der Waals surface area contributed by atoms with Crippen LogP contribution < -0.4 is 10.6 Å². The van der Waals surface area contributed by atoms with E-state index in [1.165, 1.54) is 12.5 Å². The van der Waals surface area contributed by atoms with Crippen LogP contribution in [0.3, 0.4) is 0 Å². The summed E-state index contributed by atoms with van der Waals surface area (Å²) in [4.78, 5) is 4.12. The maximum absolute atomic E-state index is 12.8. The lowest BCUT2D eigenvalue weighted by atomic mass is 10.2. The van der Waals surface area contributed by atoms with Crippen molar-refractivity contribution in [3.8, 4) is 0 Å². The molecule has 3 rings (SSSR count). The fourth-order valence-corrected chi connectivity index (χ4v) is 2.12. The van der Waals surface area contributed by atoms with Crippen molar-refractivity contribution in [2.75, 3.05) is 10.6 Å². The summed E-state index contributed by atoms with van der Waals surface area (Å²) in [5.74, 6) is 1.05. The lowest BCUT2D eigenvalue weighted by Crippen LogP contribution is -2.07. The highest BCUT2D eigenvalue weighted by Crippen LogP contribution is 2.34. The van der Waals surface area contributed by atoms with E-state index in [9.17, 15) is 13.2 Å². The van der Waals surface area contributed by atoms with Crippen molar-refractivity contribution in [3.05, 3.63) is 59.1 Å². The first-order valence-corrected chi connectivity index (χ1v) is 7.39. The SMILES string of the molecule is FC(F)(F)c1ccc(Cl)c(Nc2cnnc(NCc3ccco3)n2)c1. The van der Waals surface area contributed by atoms with Crippen LogP contribution in [0, 0.1) is 0 Å². The maximum atomic E-state index is 12.8. The van der Waals surface area contributed by atoms with Gasteiger partial charge in [0.1, 0.15) is 5.76 Å².